The molecule has 7 aromatic carbocycles. The molecule has 0 amide bonds. The summed E-state index contributed by atoms with van der Waals surface area (Å²) >= 11 is 1.68. The van der Waals surface area contributed by atoms with E-state index in [1.165, 1.54) is 10.8 Å². The maximum atomic E-state index is 14.4. The van der Waals surface area contributed by atoms with Gasteiger partial charge in [0.15, 0.2) is 5.37 Å². The molecule has 47 heavy (non-hydrogen) atoms. The van der Waals surface area contributed by atoms with E-state index in [9.17, 15) is 8.42 Å². The number of nitrogens with zero attached hydrogens (tertiary/aromatic N) is 2. The number of rotatable bonds is 4. The van der Waals surface area contributed by atoms with Crippen molar-refractivity contribution in [2.24, 2.45) is 0 Å². The Labute approximate surface area is 278 Å². The smallest absolute Gasteiger partial charge is 0.206 e. The lowest BCUT2D eigenvalue weighted by Crippen LogP contribution is -2.24. The Kier molecular flexibility index (Phi) is 6.49. The second kappa shape index (κ2) is 10.9. The van der Waals surface area contributed by atoms with Gasteiger partial charge >= 0.3 is 0 Å². The number of anilines is 5. The molecular weight excluding hydrogens is 617 g/mol. The Morgan fingerprint density at radius 1 is 0.532 bits per heavy atom. The molecule has 0 bridgehead atoms. The van der Waals surface area contributed by atoms with E-state index in [0.717, 1.165) is 49.2 Å². The van der Waals surface area contributed by atoms with Crippen molar-refractivity contribution in [2.75, 3.05) is 9.80 Å². The average Bonchev–Trinajstić information content (AvgIpc) is 3.37. The van der Waals surface area contributed by atoms with E-state index < -0.39 is 15.2 Å². The molecule has 1 unspecified atom stereocenters. The van der Waals surface area contributed by atoms with Crippen LogP contribution in [0.1, 0.15) is 10.9 Å². The summed E-state index contributed by atoms with van der Waals surface area (Å²) < 4.78 is 28.8. The first-order chi connectivity index (χ1) is 23.1. The zero-order valence-corrected chi connectivity index (χ0v) is 26.8. The standard InChI is InChI=1S/C41H28N2O2S2/c44-47(45)40-20-9-7-18-37(40)43(32-24-21-29(22-25-32)34-16-10-12-28-11-4-5-15-33(28)34)41(47)30-23-26-36-39(27-30)46-38-19-8-6-17-35(38)42(36)31-13-2-1-3-14-31/h1-27,41H. The summed E-state index contributed by atoms with van der Waals surface area (Å²) in [5.41, 5.74) is 7.69. The number of para-hydroxylation sites is 3. The predicted octanol–water partition coefficient (Wildman–Crippen LogP) is 11.1. The van der Waals surface area contributed by atoms with Crippen LogP contribution in [0.2, 0.25) is 0 Å². The van der Waals surface area contributed by atoms with Gasteiger partial charge in [0.25, 0.3) is 0 Å². The van der Waals surface area contributed by atoms with Crippen LogP contribution in [0.4, 0.5) is 28.4 Å². The number of hydrogen-bond donors (Lipinski definition) is 0. The van der Waals surface area contributed by atoms with Gasteiger partial charge in [-0.3, -0.25) is 0 Å². The number of benzene rings is 7. The van der Waals surface area contributed by atoms with E-state index in [1.54, 1.807) is 23.9 Å². The largest absolute Gasteiger partial charge is 0.319 e. The molecule has 0 radical (unpaired) electrons. The van der Waals surface area contributed by atoms with Gasteiger partial charge in [-0.1, -0.05) is 115 Å². The van der Waals surface area contributed by atoms with Gasteiger partial charge in [0.1, 0.15) is 0 Å². The van der Waals surface area contributed by atoms with Crippen LogP contribution in [0.25, 0.3) is 21.9 Å². The summed E-state index contributed by atoms with van der Waals surface area (Å²) in [6.45, 7) is 0. The van der Waals surface area contributed by atoms with Gasteiger partial charge in [0, 0.05) is 21.2 Å². The Bertz CT molecular complexity index is 2420. The van der Waals surface area contributed by atoms with Crippen LogP contribution >= 0.6 is 11.8 Å². The predicted molar refractivity (Wildman–Crippen MR) is 193 cm³/mol. The van der Waals surface area contributed by atoms with Crippen molar-refractivity contribution in [1.29, 1.82) is 0 Å². The van der Waals surface area contributed by atoms with Gasteiger partial charge in [-0.15, -0.1) is 0 Å². The summed E-state index contributed by atoms with van der Waals surface area (Å²) in [7, 11) is -3.74. The Hall–Kier alpha value is -5.30. The number of hydrogen-bond acceptors (Lipinski definition) is 5. The molecule has 2 heterocycles. The monoisotopic (exact) mass is 644 g/mol. The first-order valence-electron chi connectivity index (χ1n) is 15.5. The highest BCUT2D eigenvalue weighted by Gasteiger charge is 2.45. The summed E-state index contributed by atoms with van der Waals surface area (Å²) in [5.74, 6) is 0. The summed E-state index contributed by atoms with van der Waals surface area (Å²) in [4.78, 5) is 6.73. The van der Waals surface area contributed by atoms with Crippen LogP contribution in [0, 0.1) is 0 Å². The van der Waals surface area contributed by atoms with E-state index in [-0.39, 0.29) is 0 Å². The van der Waals surface area contributed by atoms with Crippen molar-refractivity contribution in [2.45, 2.75) is 20.1 Å². The minimum atomic E-state index is -3.74. The molecule has 0 fully saturated rings. The fourth-order valence-corrected chi connectivity index (χ4v) is 10.0. The lowest BCUT2D eigenvalue weighted by Gasteiger charge is -2.34. The van der Waals surface area contributed by atoms with Crippen LogP contribution in [-0.4, -0.2) is 8.42 Å². The van der Waals surface area contributed by atoms with Crippen LogP contribution in [0.3, 0.4) is 0 Å². The van der Waals surface area contributed by atoms with Crippen molar-refractivity contribution >= 4 is 60.8 Å². The van der Waals surface area contributed by atoms with Gasteiger partial charge < -0.3 is 9.80 Å². The van der Waals surface area contributed by atoms with E-state index in [2.05, 4.69) is 102 Å². The normalized spacial score (nSPS) is 16.0. The van der Waals surface area contributed by atoms with Crippen molar-refractivity contribution in [3.8, 4) is 11.1 Å². The molecule has 0 aromatic heterocycles. The zero-order valence-electron chi connectivity index (χ0n) is 25.2. The Balaban J connectivity index is 1.17. The lowest BCUT2D eigenvalue weighted by atomic mass is 9.98. The molecule has 2 aliphatic heterocycles. The molecule has 0 saturated carbocycles. The highest BCUT2D eigenvalue weighted by molar-refractivity contribution is 7.99. The number of fused-ring (bicyclic) bond motifs is 4. The van der Waals surface area contributed by atoms with Gasteiger partial charge in [-0.05, 0) is 88.1 Å². The third-order valence-corrected chi connectivity index (χ3v) is 12.2. The zero-order chi connectivity index (χ0) is 31.5. The maximum absolute atomic E-state index is 14.4. The SMILES string of the molecule is O=S1(=O)c2ccccc2N(c2ccc(-c3cccc4ccccc34)cc2)C1c1ccc2c(c1)Sc1ccccc1N2c1ccccc1. The molecule has 2 aliphatic rings. The molecule has 0 N–H and O–H groups in total. The van der Waals surface area contributed by atoms with E-state index in [0.29, 0.717) is 10.6 Å². The fraction of sp³-hybridized carbons (Fsp3) is 0.0244. The summed E-state index contributed by atoms with van der Waals surface area (Å²) in [6, 6.07) is 55.1. The van der Waals surface area contributed by atoms with E-state index >= 15 is 0 Å². The van der Waals surface area contributed by atoms with Crippen molar-refractivity contribution in [3.05, 3.63) is 169 Å². The molecule has 7 aromatic rings. The lowest BCUT2D eigenvalue weighted by molar-refractivity contribution is 0.589. The highest BCUT2D eigenvalue weighted by Crippen LogP contribution is 2.55. The maximum Gasteiger partial charge on any atom is 0.206 e. The highest BCUT2D eigenvalue weighted by atomic mass is 32.2. The molecular formula is C41H28N2O2S2. The van der Waals surface area contributed by atoms with E-state index in [4.69, 9.17) is 0 Å². The Morgan fingerprint density at radius 2 is 1.21 bits per heavy atom. The topological polar surface area (TPSA) is 40.6 Å². The fourth-order valence-electron chi connectivity index (χ4n) is 6.95. The quantitative estimate of drug-likeness (QED) is 0.191. The molecule has 0 saturated heterocycles. The second-order valence-corrected chi connectivity index (χ2v) is 14.8. The van der Waals surface area contributed by atoms with Crippen LogP contribution in [-0.2, 0) is 9.84 Å². The summed E-state index contributed by atoms with van der Waals surface area (Å²) in [6.07, 6.45) is 0. The molecule has 0 spiro atoms. The van der Waals surface area contributed by atoms with Gasteiger partial charge in [0.2, 0.25) is 9.84 Å². The average molecular weight is 645 g/mol. The summed E-state index contributed by atoms with van der Waals surface area (Å²) in [5, 5.41) is 1.47. The van der Waals surface area contributed by atoms with Gasteiger partial charge in [-0.25, -0.2) is 8.42 Å². The van der Waals surface area contributed by atoms with Crippen molar-refractivity contribution in [3.63, 3.8) is 0 Å². The third-order valence-electron chi connectivity index (χ3n) is 9.06. The van der Waals surface area contributed by atoms with Crippen LogP contribution in [0.15, 0.2) is 178 Å². The second-order valence-electron chi connectivity index (χ2n) is 11.8. The number of sulfone groups is 1. The molecule has 4 nitrogen and oxygen atoms in total. The van der Waals surface area contributed by atoms with E-state index in [1.807, 2.05) is 59.5 Å². The molecule has 6 heteroatoms. The van der Waals surface area contributed by atoms with Crippen molar-refractivity contribution in [1.82, 2.24) is 0 Å². The molecule has 1 atom stereocenters. The van der Waals surface area contributed by atoms with Crippen LogP contribution < -0.4 is 9.80 Å². The molecule has 9 rings (SSSR count). The minimum Gasteiger partial charge on any atom is -0.319 e. The van der Waals surface area contributed by atoms with Crippen LogP contribution in [0.5, 0.6) is 0 Å². The third kappa shape index (κ3) is 4.48. The first-order valence-corrected chi connectivity index (χ1v) is 17.9. The van der Waals surface area contributed by atoms with Gasteiger partial charge in [-0.2, -0.15) is 0 Å². The molecule has 226 valence electrons. The van der Waals surface area contributed by atoms with Gasteiger partial charge in [0.05, 0.1) is 22.0 Å². The van der Waals surface area contributed by atoms with Crippen molar-refractivity contribution < 1.29 is 8.42 Å². The Morgan fingerprint density at radius 3 is 2.06 bits per heavy atom. The minimum absolute atomic E-state index is 0.352. The molecule has 0 aliphatic carbocycles. The first kappa shape index (κ1) is 28.0.